The number of halogens is 2. The highest BCUT2D eigenvalue weighted by atomic mass is 127. The maximum Gasteiger partial charge on any atom is 0.255 e. The summed E-state index contributed by atoms with van der Waals surface area (Å²) in [7, 11) is 0. The molecule has 4 heteroatoms. The molecule has 0 fully saturated rings. The van der Waals surface area contributed by atoms with Crippen molar-refractivity contribution in [2.75, 3.05) is 6.54 Å². The fourth-order valence-electron chi connectivity index (χ4n) is 2.34. The first-order valence-electron chi connectivity index (χ1n) is 7.16. The maximum absolute atomic E-state index is 12.9. The molecule has 0 atom stereocenters. The van der Waals surface area contributed by atoms with Crippen molar-refractivity contribution in [3.05, 3.63) is 31.8 Å². The minimum atomic E-state index is 0.137. The number of carbonyl (C=O) groups is 1. The Balaban J connectivity index is 3.12. The Hall–Kier alpha value is -0.100. The van der Waals surface area contributed by atoms with E-state index in [9.17, 15) is 4.79 Å². The van der Waals surface area contributed by atoms with Gasteiger partial charge in [0.05, 0.1) is 5.56 Å². The standard InChI is InChI=1S/C16H23BrINO/c1-5-13(6-2)19(10-11(3)4)16(20)14-9-12(18)7-8-15(14)17/h7-9,11,13H,5-6,10H2,1-4H3. The van der Waals surface area contributed by atoms with E-state index in [1.807, 2.05) is 23.1 Å². The molecule has 20 heavy (non-hydrogen) atoms. The van der Waals surface area contributed by atoms with Gasteiger partial charge in [-0.1, -0.05) is 27.7 Å². The van der Waals surface area contributed by atoms with Crippen LogP contribution in [0.2, 0.25) is 0 Å². The normalized spacial score (nSPS) is 11.2. The highest BCUT2D eigenvalue weighted by Crippen LogP contribution is 2.23. The van der Waals surface area contributed by atoms with Gasteiger partial charge in [-0.25, -0.2) is 0 Å². The van der Waals surface area contributed by atoms with Crippen molar-refractivity contribution in [3.8, 4) is 0 Å². The van der Waals surface area contributed by atoms with Gasteiger partial charge in [0.15, 0.2) is 0 Å². The Labute approximate surface area is 144 Å². The molecule has 0 saturated carbocycles. The van der Waals surface area contributed by atoms with Gasteiger partial charge in [0.1, 0.15) is 0 Å². The number of rotatable bonds is 6. The summed E-state index contributed by atoms with van der Waals surface area (Å²) >= 11 is 5.76. The molecule has 0 heterocycles. The predicted molar refractivity (Wildman–Crippen MR) is 97.1 cm³/mol. The van der Waals surface area contributed by atoms with Crippen molar-refractivity contribution in [2.24, 2.45) is 5.92 Å². The van der Waals surface area contributed by atoms with E-state index in [1.165, 1.54) is 0 Å². The first-order chi connectivity index (χ1) is 9.40. The Bertz CT molecular complexity index is 458. The van der Waals surface area contributed by atoms with Crippen molar-refractivity contribution in [2.45, 2.75) is 46.6 Å². The maximum atomic E-state index is 12.9. The molecule has 1 aromatic carbocycles. The Morgan fingerprint density at radius 1 is 1.30 bits per heavy atom. The van der Waals surface area contributed by atoms with Crippen LogP contribution in [0.4, 0.5) is 0 Å². The topological polar surface area (TPSA) is 20.3 Å². The second-order valence-electron chi connectivity index (χ2n) is 5.45. The third-order valence-electron chi connectivity index (χ3n) is 3.36. The lowest BCUT2D eigenvalue weighted by atomic mass is 10.1. The van der Waals surface area contributed by atoms with E-state index in [0.29, 0.717) is 12.0 Å². The van der Waals surface area contributed by atoms with Gasteiger partial charge < -0.3 is 4.90 Å². The van der Waals surface area contributed by atoms with Gasteiger partial charge in [-0.2, -0.15) is 0 Å². The lowest BCUT2D eigenvalue weighted by Gasteiger charge is -2.32. The fraction of sp³-hybridized carbons (Fsp3) is 0.562. The van der Waals surface area contributed by atoms with Crippen LogP contribution in [0, 0.1) is 9.49 Å². The number of benzene rings is 1. The lowest BCUT2D eigenvalue weighted by Crippen LogP contribution is -2.42. The molecule has 1 aromatic rings. The van der Waals surface area contributed by atoms with Gasteiger partial charge in [-0.15, -0.1) is 0 Å². The third kappa shape index (κ3) is 4.72. The van der Waals surface area contributed by atoms with Crippen LogP contribution in [0.1, 0.15) is 50.9 Å². The van der Waals surface area contributed by atoms with E-state index in [-0.39, 0.29) is 5.91 Å². The van der Waals surface area contributed by atoms with E-state index < -0.39 is 0 Å². The Kier molecular flexibility index (Phi) is 7.51. The fourth-order valence-corrected chi connectivity index (χ4v) is 3.24. The SMILES string of the molecule is CCC(CC)N(CC(C)C)C(=O)c1cc(I)ccc1Br. The number of hydrogen-bond donors (Lipinski definition) is 0. The first-order valence-corrected chi connectivity index (χ1v) is 9.03. The lowest BCUT2D eigenvalue weighted by molar-refractivity contribution is 0.0639. The highest BCUT2D eigenvalue weighted by Gasteiger charge is 2.24. The minimum Gasteiger partial charge on any atom is -0.335 e. The van der Waals surface area contributed by atoms with E-state index >= 15 is 0 Å². The molecule has 0 aliphatic heterocycles. The number of hydrogen-bond acceptors (Lipinski definition) is 1. The van der Waals surface area contributed by atoms with Crippen molar-refractivity contribution >= 4 is 44.4 Å². The molecular weight excluding hydrogens is 429 g/mol. The minimum absolute atomic E-state index is 0.137. The molecule has 0 spiro atoms. The van der Waals surface area contributed by atoms with Gasteiger partial charge in [0.25, 0.3) is 5.91 Å². The number of amides is 1. The average Bonchev–Trinajstić information content (AvgIpc) is 2.40. The van der Waals surface area contributed by atoms with Crippen LogP contribution < -0.4 is 0 Å². The average molecular weight is 452 g/mol. The third-order valence-corrected chi connectivity index (χ3v) is 4.73. The van der Waals surface area contributed by atoms with Crippen molar-refractivity contribution < 1.29 is 4.79 Å². The molecule has 1 amide bonds. The van der Waals surface area contributed by atoms with Gasteiger partial charge in [0, 0.05) is 20.6 Å². The van der Waals surface area contributed by atoms with Crippen molar-refractivity contribution in [3.63, 3.8) is 0 Å². The van der Waals surface area contributed by atoms with Crippen molar-refractivity contribution in [1.29, 1.82) is 0 Å². The zero-order chi connectivity index (χ0) is 15.3. The molecule has 0 radical (unpaired) electrons. The van der Waals surface area contributed by atoms with Crippen LogP contribution >= 0.6 is 38.5 Å². The molecule has 2 nitrogen and oxygen atoms in total. The molecule has 0 bridgehead atoms. The second-order valence-corrected chi connectivity index (χ2v) is 7.55. The van der Waals surface area contributed by atoms with Crippen LogP contribution in [0.3, 0.4) is 0 Å². The van der Waals surface area contributed by atoms with Gasteiger partial charge in [-0.05, 0) is 75.5 Å². The zero-order valence-electron chi connectivity index (χ0n) is 12.6. The number of nitrogens with zero attached hydrogens (tertiary/aromatic N) is 1. The molecule has 0 saturated heterocycles. The van der Waals surface area contributed by atoms with Crippen LogP contribution in [0.25, 0.3) is 0 Å². The van der Waals surface area contributed by atoms with Crippen LogP contribution in [-0.2, 0) is 0 Å². The summed E-state index contributed by atoms with van der Waals surface area (Å²) < 4.78 is 1.96. The largest absolute Gasteiger partial charge is 0.335 e. The molecule has 0 aromatic heterocycles. The summed E-state index contributed by atoms with van der Waals surface area (Å²) in [6.07, 6.45) is 1.99. The van der Waals surface area contributed by atoms with Gasteiger partial charge in [0.2, 0.25) is 0 Å². The molecule has 0 aliphatic carbocycles. The number of carbonyl (C=O) groups excluding carboxylic acids is 1. The van der Waals surface area contributed by atoms with E-state index in [0.717, 1.165) is 33.0 Å². The van der Waals surface area contributed by atoms with Gasteiger partial charge >= 0.3 is 0 Å². The summed E-state index contributed by atoms with van der Waals surface area (Å²) in [5, 5.41) is 0. The van der Waals surface area contributed by atoms with Crippen LogP contribution in [0.5, 0.6) is 0 Å². The quantitative estimate of drug-likeness (QED) is 0.534. The van der Waals surface area contributed by atoms with E-state index in [1.54, 1.807) is 0 Å². The Morgan fingerprint density at radius 3 is 2.40 bits per heavy atom. The summed E-state index contributed by atoms with van der Waals surface area (Å²) in [5.41, 5.74) is 0.768. The second kappa shape index (κ2) is 8.37. The summed E-state index contributed by atoms with van der Waals surface area (Å²) in [5.74, 6) is 0.610. The Morgan fingerprint density at radius 2 is 1.90 bits per heavy atom. The molecular formula is C16H23BrINO. The van der Waals surface area contributed by atoms with E-state index in [2.05, 4.69) is 66.2 Å². The zero-order valence-corrected chi connectivity index (χ0v) is 16.4. The first kappa shape index (κ1) is 18.0. The van der Waals surface area contributed by atoms with Crippen LogP contribution in [-0.4, -0.2) is 23.4 Å². The summed E-state index contributed by atoms with van der Waals surface area (Å²) in [6.45, 7) is 9.43. The summed E-state index contributed by atoms with van der Waals surface area (Å²) in [4.78, 5) is 14.9. The molecule has 0 unspecified atom stereocenters. The van der Waals surface area contributed by atoms with E-state index in [4.69, 9.17) is 0 Å². The predicted octanol–water partition coefficient (Wildman–Crippen LogP) is 5.34. The van der Waals surface area contributed by atoms with Gasteiger partial charge in [-0.3, -0.25) is 4.79 Å². The smallest absolute Gasteiger partial charge is 0.255 e. The molecule has 112 valence electrons. The monoisotopic (exact) mass is 451 g/mol. The van der Waals surface area contributed by atoms with Crippen molar-refractivity contribution in [1.82, 2.24) is 4.90 Å². The molecule has 1 rings (SSSR count). The molecule has 0 aliphatic rings. The molecule has 0 N–H and O–H groups in total. The highest BCUT2D eigenvalue weighted by molar-refractivity contribution is 14.1. The summed E-state index contributed by atoms with van der Waals surface area (Å²) in [6, 6.07) is 6.23. The van der Waals surface area contributed by atoms with Crippen LogP contribution in [0.15, 0.2) is 22.7 Å².